The van der Waals surface area contributed by atoms with Gasteiger partial charge in [-0.3, -0.25) is 15.5 Å². The van der Waals surface area contributed by atoms with E-state index in [9.17, 15) is 4.79 Å². The van der Waals surface area contributed by atoms with Crippen LogP contribution in [0.5, 0.6) is 0 Å². The summed E-state index contributed by atoms with van der Waals surface area (Å²) in [4.78, 5) is 14.4. The van der Waals surface area contributed by atoms with Gasteiger partial charge in [0, 0.05) is 23.8 Å². The molecule has 5 heteroatoms. The number of carbonyl (C=O) groups is 1. The molecule has 1 atom stereocenters. The smallest absolute Gasteiger partial charge is 0.251 e. The molecule has 0 radical (unpaired) electrons. The van der Waals surface area contributed by atoms with Crippen molar-refractivity contribution < 1.29 is 4.79 Å². The van der Waals surface area contributed by atoms with Crippen LogP contribution in [0.25, 0.3) is 0 Å². The van der Waals surface area contributed by atoms with Crippen molar-refractivity contribution in [1.82, 2.24) is 10.2 Å². The first-order chi connectivity index (χ1) is 9.24. The molecule has 0 aromatic heterocycles. The zero-order valence-electron chi connectivity index (χ0n) is 11.4. The van der Waals surface area contributed by atoms with Crippen LogP contribution in [0.15, 0.2) is 24.3 Å². The number of anilines is 1. The van der Waals surface area contributed by atoms with E-state index in [-0.39, 0.29) is 5.91 Å². The van der Waals surface area contributed by atoms with E-state index >= 15 is 0 Å². The molecule has 0 bridgehead atoms. The van der Waals surface area contributed by atoms with E-state index in [2.05, 4.69) is 22.6 Å². The van der Waals surface area contributed by atoms with E-state index < -0.39 is 0 Å². The SMILES string of the molecule is CCN1CCCC1CNC(=O)c1ccc(NN)cc1. The fourth-order valence-electron chi connectivity index (χ4n) is 2.57. The number of nitrogens with zero attached hydrogens (tertiary/aromatic N) is 1. The van der Waals surface area contributed by atoms with Gasteiger partial charge in [0.05, 0.1) is 0 Å². The lowest BCUT2D eigenvalue weighted by molar-refractivity contribution is 0.0941. The molecule has 1 aromatic rings. The minimum Gasteiger partial charge on any atom is -0.350 e. The first-order valence-electron chi connectivity index (χ1n) is 6.83. The summed E-state index contributed by atoms with van der Waals surface area (Å²) in [5, 5.41) is 3.01. The van der Waals surface area contributed by atoms with Crippen molar-refractivity contribution in [1.29, 1.82) is 0 Å². The second-order valence-electron chi connectivity index (χ2n) is 4.86. The third-order valence-electron chi connectivity index (χ3n) is 3.72. The minimum absolute atomic E-state index is 0.0217. The first kappa shape index (κ1) is 13.8. The summed E-state index contributed by atoms with van der Waals surface area (Å²) in [6.45, 7) is 5.09. The number of carbonyl (C=O) groups excluding carboxylic acids is 1. The third-order valence-corrected chi connectivity index (χ3v) is 3.72. The molecule has 1 unspecified atom stereocenters. The molecule has 0 aliphatic carbocycles. The molecule has 0 spiro atoms. The standard InChI is InChI=1S/C14H22N4O/c1-2-18-9-3-4-13(18)10-16-14(19)11-5-7-12(17-15)8-6-11/h5-8,13,17H,2-4,9-10,15H2,1H3,(H,16,19). The highest BCUT2D eigenvalue weighted by Crippen LogP contribution is 2.15. The molecule has 4 N–H and O–H groups in total. The number of hydrogen-bond donors (Lipinski definition) is 3. The molecular weight excluding hydrogens is 240 g/mol. The number of hydrazine groups is 1. The molecule has 1 amide bonds. The van der Waals surface area contributed by atoms with Crippen LogP contribution < -0.4 is 16.6 Å². The quantitative estimate of drug-likeness (QED) is 0.550. The Kier molecular flexibility index (Phi) is 4.76. The molecule has 104 valence electrons. The zero-order chi connectivity index (χ0) is 13.7. The lowest BCUT2D eigenvalue weighted by atomic mass is 10.1. The molecule has 1 aromatic carbocycles. The predicted octanol–water partition coefficient (Wildman–Crippen LogP) is 1.19. The second kappa shape index (κ2) is 6.54. The van der Waals surface area contributed by atoms with E-state index in [4.69, 9.17) is 5.84 Å². The van der Waals surface area contributed by atoms with Crippen molar-refractivity contribution >= 4 is 11.6 Å². The Morgan fingerprint density at radius 3 is 2.79 bits per heavy atom. The summed E-state index contributed by atoms with van der Waals surface area (Å²) >= 11 is 0. The van der Waals surface area contributed by atoms with Gasteiger partial charge in [0.1, 0.15) is 0 Å². The van der Waals surface area contributed by atoms with E-state index in [0.717, 1.165) is 25.3 Å². The molecule has 1 heterocycles. The highest BCUT2D eigenvalue weighted by atomic mass is 16.1. The number of likely N-dealkylation sites (N-methyl/N-ethyl adjacent to an activating group) is 1. The van der Waals surface area contributed by atoms with Gasteiger partial charge < -0.3 is 10.7 Å². The molecule has 5 nitrogen and oxygen atoms in total. The van der Waals surface area contributed by atoms with Gasteiger partial charge in [-0.2, -0.15) is 0 Å². The average Bonchev–Trinajstić information content (AvgIpc) is 2.92. The first-order valence-corrected chi connectivity index (χ1v) is 6.83. The van der Waals surface area contributed by atoms with Crippen molar-refractivity contribution in [3.63, 3.8) is 0 Å². The van der Waals surface area contributed by atoms with Crippen molar-refractivity contribution in [2.75, 3.05) is 25.1 Å². The highest BCUT2D eigenvalue weighted by molar-refractivity contribution is 5.94. The van der Waals surface area contributed by atoms with E-state index in [1.807, 2.05) is 0 Å². The van der Waals surface area contributed by atoms with Gasteiger partial charge in [-0.1, -0.05) is 6.92 Å². The Hall–Kier alpha value is -1.59. The Balaban J connectivity index is 1.86. The monoisotopic (exact) mass is 262 g/mol. The number of nitrogen functional groups attached to an aromatic ring is 1. The lowest BCUT2D eigenvalue weighted by Gasteiger charge is -2.22. The normalized spacial score (nSPS) is 19.4. The summed E-state index contributed by atoms with van der Waals surface area (Å²) in [5.74, 6) is 5.27. The number of amides is 1. The molecule has 1 fully saturated rings. The summed E-state index contributed by atoms with van der Waals surface area (Å²) in [6.07, 6.45) is 2.40. The molecule has 2 rings (SSSR count). The van der Waals surface area contributed by atoms with Crippen molar-refractivity contribution in [2.45, 2.75) is 25.8 Å². The number of likely N-dealkylation sites (tertiary alicyclic amines) is 1. The lowest BCUT2D eigenvalue weighted by Crippen LogP contribution is -2.40. The summed E-state index contributed by atoms with van der Waals surface area (Å²) in [6, 6.07) is 7.62. The van der Waals surface area contributed by atoms with Gasteiger partial charge >= 0.3 is 0 Å². The Labute approximate surface area is 114 Å². The molecule has 1 aliphatic rings. The van der Waals surface area contributed by atoms with Crippen LogP contribution in [0.4, 0.5) is 5.69 Å². The van der Waals surface area contributed by atoms with Crippen LogP contribution in [0, 0.1) is 0 Å². The van der Waals surface area contributed by atoms with Crippen LogP contribution in [0.2, 0.25) is 0 Å². The average molecular weight is 262 g/mol. The van der Waals surface area contributed by atoms with Crippen molar-refractivity contribution in [3.8, 4) is 0 Å². The number of nitrogens with two attached hydrogens (primary N) is 1. The van der Waals surface area contributed by atoms with E-state index in [1.54, 1.807) is 24.3 Å². The molecule has 1 aliphatic heterocycles. The summed E-state index contributed by atoms with van der Waals surface area (Å²) < 4.78 is 0. The number of rotatable bonds is 5. The van der Waals surface area contributed by atoms with Gasteiger partial charge in [0.15, 0.2) is 0 Å². The van der Waals surface area contributed by atoms with E-state index in [0.29, 0.717) is 11.6 Å². The third kappa shape index (κ3) is 3.45. The van der Waals surface area contributed by atoms with Crippen LogP contribution in [-0.2, 0) is 0 Å². The maximum absolute atomic E-state index is 12.0. The highest BCUT2D eigenvalue weighted by Gasteiger charge is 2.23. The van der Waals surface area contributed by atoms with Gasteiger partial charge in [0.25, 0.3) is 5.91 Å². The topological polar surface area (TPSA) is 70.4 Å². The molecule has 0 saturated carbocycles. The van der Waals surface area contributed by atoms with E-state index in [1.165, 1.54) is 12.8 Å². The molecule has 1 saturated heterocycles. The van der Waals surface area contributed by atoms with Crippen LogP contribution in [-0.4, -0.2) is 36.5 Å². The fourth-order valence-corrected chi connectivity index (χ4v) is 2.57. The molecule has 19 heavy (non-hydrogen) atoms. The number of nitrogens with one attached hydrogen (secondary N) is 2. The minimum atomic E-state index is -0.0217. The summed E-state index contributed by atoms with van der Waals surface area (Å²) in [5.41, 5.74) is 4.01. The second-order valence-corrected chi connectivity index (χ2v) is 4.86. The van der Waals surface area contributed by atoms with Crippen LogP contribution in [0.3, 0.4) is 0 Å². The van der Waals surface area contributed by atoms with Crippen LogP contribution >= 0.6 is 0 Å². The van der Waals surface area contributed by atoms with Crippen molar-refractivity contribution in [3.05, 3.63) is 29.8 Å². The molecular formula is C14H22N4O. The maximum atomic E-state index is 12.0. The Morgan fingerprint density at radius 2 is 2.16 bits per heavy atom. The van der Waals surface area contributed by atoms with Crippen molar-refractivity contribution in [2.24, 2.45) is 5.84 Å². The van der Waals surface area contributed by atoms with Gasteiger partial charge in [0.2, 0.25) is 0 Å². The summed E-state index contributed by atoms with van der Waals surface area (Å²) in [7, 11) is 0. The number of hydrogen-bond acceptors (Lipinski definition) is 4. The maximum Gasteiger partial charge on any atom is 0.251 e. The number of benzene rings is 1. The fraction of sp³-hybridized carbons (Fsp3) is 0.500. The Morgan fingerprint density at radius 1 is 1.42 bits per heavy atom. The van der Waals surface area contributed by atoms with Gasteiger partial charge in [-0.25, -0.2) is 0 Å². The van der Waals surface area contributed by atoms with Gasteiger partial charge in [-0.15, -0.1) is 0 Å². The van der Waals surface area contributed by atoms with Gasteiger partial charge in [-0.05, 0) is 50.2 Å². The zero-order valence-corrected chi connectivity index (χ0v) is 11.4. The predicted molar refractivity (Wildman–Crippen MR) is 76.9 cm³/mol. The largest absolute Gasteiger partial charge is 0.350 e. The van der Waals surface area contributed by atoms with Crippen LogP contribution in [0.1, 0.15) is 30.1 Å². The Bertz CT molecular complexity index is 418.